The molecule has 11 heteroatoms. The molecule has 4 aliphatic rings. The van der Waals surface area contributed by atoms with E-state index < -0.39 is 23.2 Å². The van der Waals surface area contributed by atoms with Gasteiger partial charge in [-0.3, -0.25) is 14.6 Å². The van der Waals surface area contributed by atoms with Crippen molar-refractivity contribution in [2.75, 3.05) is 26.2 Å². The van der Waals surface area contributed by atoms with Crippen molar-refractivity contribution >= 4 is 18.1 Å². The van der Waals surface area contributed by atoms with Gasteiger partial charge in [-0.2, -0.15) is 0 Å². The van der Waals surface area contributed by atoms with Gasteiger partial charge in [0.1, 0.15) is 11.2 Å². The Labute approximate surface area is 310 Å². The second-order valence-electron chi connectivity index (χ2n) is 17.4. The molecule has 0 spiro atoms. The Morgan fingerprint density at radius 3 is 1.52 bits per heavy atom. The van der Waals surface area contributed by atoms with Crippen LogP contribution in [0.15, 0.2) is 24.3 Å². The molecule has 3 amide bonds. The van der Waals surface area contributed by atoms with Gasteiger partial charge in [-0.05, 0) is 139 Å². The summed E-state index contributed by atoms with van der Waals surface area (Å²) >= 11 is 0. The lowest BCUT2D eigenvalue weighted by Crippen LogP contribution is -2.60. The first-order valence-electron chi connectivity index (χ1n) is 18.9. The largest absolute Gasteiger partial charge is 0.444 e. The van der Waals surface area contributed by atoms with Gasteiger partial charge in [0.05, 0.1) is 12.0 Å². The second kappa shape index (κ2) is 15.4. The fourth-order valence-electron chi connectivity index (χ4n) is 8.20. The molecule has 2 saturated heterocycles. The molecule has 0 aliphatic carbocycles. The molecule has 0 bridgehead atoms. The highest BCUT2D eigenvalue weighted by molar-refractivity contribution is 5.79. The molecule has 2 fully saturated rings. The van der Waals surface area contributed by atoms with Crippen LogP contribution in [-0.2, 0) is 27.1 Å². The van der Waals surface area contributed by atoms with Crippen LogP contribution >= 0.6 is 0 Å². The molecule has 11 nitrogen and oxygen atoms in total. The van der Waals surface area contributed by atoms with E-state index in [1.165, 1.54) is 44.5 Å². The van der Waals surface area contributed by atoms with E-state index in [2.05, 4.69) is 72.4 Å². The molecule has 6 rings (SSSR count). The van der Waals surface area contributed by atoms with Gasteiger partial charge in [0.15, 0.2) is 0 Å². The number of amides is 3. The Morgan fingerprint density at radius 2 is 1.08 bits per heavy atom. The van der Waals surface area contributed by atoms with Crippen LogP contribution in [0.5, 0.6) is 0 Å². The van der Waals surface area contributed by atoms with E-state index in [1.54, 1.807) is 0 Å². The van der Waals surface area contributed by atoms with E-state index in [4.69, 9.17) is 20.9 Å². The van der Waals surface area contributed by atoms with Gasteiger partial charge < -0.3 is 31.6 Å². The van der Waals surface area contributed by atoms with Gasteiger partial charge in [0, 0.05) is 50.3 Å². The van der Waals surface area contributed by atoms with Crippen molar-refractivity contribution < 1.29 is 23.9 Å². The molecule has 2 aromatic rings. The summed E-state index contributed by atoms with van der Waals surface area (Å²) in [4.78, 5) is 41.3. The van der Waals surface area contributed by atoms with E-state index >= 15 is 0 Å². The number of nitrogens with one attached hydrogen (secondary N) is 2. The van der Waals surface area contributed by atoms with E-state index in [0.717, 1.165) is 38.9 Å². The Balaban J connectivity index is 0.000000202. The van der Waals surface area contributed by atoms with Crippen LogP contribution in [-0.4, -0.2) is 83.4 Å². The highest BCUT2D eigenvalue weighted by Crippen LogP contribution is 2.40. The zero-order valence-corrected chi connectivity index (χ0v) is 33.0. The third-order valence-electron chi connectivity index (χ3n) is 11.1. The van der Waals surface area contributed by atoms with Gasteiger partial charge in [-0.1, -0.05) is 24.3 Å². The van der Waals surface area contributed by atoms with Crippen molar-refractivity contribution in [1.82, 2.24) is 20.4 Å². The first-order chi connectivity index (χ1) is 24.2. The maximum absolute atomic E-state index is 12.3. The lowest BCUT2D eigenvalue weighted by atomic mass is 9.79. The van der Waals surface area contributed by atoms with Crippen LogP contribution < -0.4 is 22.1 Å². The van der Waals surface area contributed by atoms with Crippen LogP contribution in [0.2, 0.25) is 0 Å². The normalized spacial score (nSPS) is 25.9. The number of nitrogens with zero attached hydrogens (tertiary/aromatic N) is 2. The number of benzene rings is 2. The van der Waals surface area contributed by atoms with E-state index in [1.807, 2.05) is 41.5 Å². The van der Waals surface area contributed by atoms with Crippen LogP contribution in [0.25, 0.3) is 0 Å². The number of nitrogens with two attached hydrogens (primary N) is 2. The van der Waals surface area contributed by atoms with Gasteiger partial charge in [0.2, 0.25) is 5.91 Å². The lowest BCUT2D eigenvalue weighted by Gasteiger charge is -2.46. The number of carbonyl (C=O) groups excluding carboxylic acids is 3. The molecule has 0 aromatic heterocycles. The molecular weight excluding hydrogens is 656 g/mol. The molecule has 0 radical (unpaired) electrons. The van der Waals surface area contributed by atoms with Crippen molar-refractivity contribution in [3.63, 3.8) is 0 Å². The van der Waals surface area contributed by atoms with Gasteiger partial charge in [-0.25, -0.2) is 9.59 Å². The molecule has 6 N–H and O–H groups in total. The summed E-state index contributed by atoms with van der Waals surface area (Å²) < 4.78 is 10.8. The van der Waals surface area contributed by atoms with Gasteiger partial charge in [-0.15, -0.1) is 0 Å². The summed E-state index contributed by atoms with van der Waals surface area (Å²) in [5.41, 5.74) is 21.7. The van der Waals surface area contributed by atoms with Crippen LogP contribution in [0.1, 0.15) is 111 Å². The average Bonchev–Trinajstić information content (AvgIpc) is 3.01. The monoisotopic (exact) mass is 718 g/mol. The number of hydrogen-bond donors (Lipinski definition) is 4. The average molecular weight is 719 g/mol. The van der Waals surface area contributed by atoms with Gasteiger partial charge in [0.25, 0.3) is 0 Å². The molecule has 52 heavy (non-hydrogen) atoms. The minimum Gasteiger partial charge on any atom is -0.444 e. The molecule has 0 unspecified atom stereocenters. The highest BCUT2D eigenvalue weighted by Gasteiger charge is 2.43. The van der Waals surface area contributed by atoms with Crippen molar-refractivity contribution in [1.29, 1.82) is 0 Å². The number of piperidine rings is 2. The summed E-state index contributed by atoms with van der Waals surface area (Å²) in [7, 11) is 0. The zero-order chi connectivity index (χ0) is 38.3. The predicted octanol–water partition coefficient (Wildman–Crippen LogP) is 5.43. The number of carbonyl (C=O) groups is 3. The number of aryl methyl sites for hydroxylation is 4. The summed E-state index contributed by atoms with van der Waals surface area (Å²) in [6, 6.07) is 9.23. The third kappa shape index (κ3) is 9.46. The Kier molecular flexibility index (Phi) is 11.7. The SMILES string of the molecule is Cc1cc2c(cc1C)[C@@H]1C[C@H](NC(=O)OC(C)(C)C)[C@@H](C(N)=O)CN1CC2.Cc1cc2c(cc1C)[C@@H]1C[C@H](NC(=O)OC(C)(C)C)[C@@H](N)CN1CC2. The van der Waals surface area contributed by atoms with Gasteiger partial charge >= 0.3 is 12.2 Å². The number of fused-ring (bicyclic) bond motifs is 6. The fraction of sp³-hybridized carbons (Fsp3) is 0.634. The first kappa shape index (κ1) is 39.5. The molecule has 4 aliphatic heterocycles. The number of primary amides is 1. The minimum atomic E-state index is -0.584. The van der Waals surface area contributed by atoms with Crippen molar-refractivity contribution in [3.05, 3.63) is 68.8 Å². The van der Waals surface area contributed by atoms with E-state index in [0.29, 0.717) is 19.0 Å². The molecule has 2 aromatic carbocycles. The predicted molar refractivity (Wildman–Crippen MR) is 204 cm³/mol. The molecule has 4 heterocycles. The molecule has 286 valence electrons. The maximum Gasteiger partial charge on any atom is 0.407 e. The Bertz CT molecular complexity index is 1660. The lowest BCUT2D eigenvalue weighted by molar-refractivity contribution is -0.125. The highest BCUT2D eigenvalue weighted by atomic mass is 16.6. The summed E-state index contributed by atoms with van der Waals surface area (Å²) in [6.45, 7) is 23.0. The summed E-state index contributed by atoms with van der Waals surface area (Å²) in [5.74, 6) is -0.790. The maximum atomic E-state index is 12.3. The molecular formula is C41H62N6O5. The molecule has 0 saturated carbocycles. The number of rotatable bonds is 3. The summed E-state index contributed by atoms with van der Waals surface area (Å²) in [6.07, 6.45) is 2.66. The van der Waals surface area contributed by atoms with Crippen LogP contribution in [0, 0.1) is 33.6 Å². The summed E-state index contributed by atoms with van der Waals surface area (Å²) in [5, 5.41) is 5.91. The number of alkyl carbamates (subject to hydrolysis) is 2. The van der Waals surface area contributed by atoms with Crippen LogP contribution in [0.4, 0.5) is 9.59 Å². The Morgan fingerprint density at radius 1 is 0.673 bits per heavy atom. The number of hydrogen-bond acceptors (Lipinski definition) is 8. The quantitative estimate of drug-likeness (QED) is 0.328. The van der Waals surface area contributed by atoms with Crippen molar-refractivity contribution in [3.8, 4) is 0 Å². The second-order valence-corrected chi connectivity index (χ2v) is 17.4. The zero-order valence-electron chi connectivity index (χ0n) is 33.0. The minimum absolute atomic E-state index is 0.0661. The van der Waals surface area contributed by atoms with E-state index in [9.17, 15) is 14.4 Å². The van der Waals surface area contributed by atoms with Crippen molar-refractivity contribution in [2.24, 2.45) is 17.4 Å². The Hall–Kier alpha value is -3.67. The van der Waals surface area contributed by atoms with Crippen LogP contribution in [0.3, 0.4) is 0 Å². The number of ether oxygens (including phenoxy) is 2. The standard InChI is InChI=1S/C21H31N3O3.C20H31N3O2/c1-12-8-14-6-7-24-11-16(19(22)25)17(23-20(26)27-21(3,4)5)10-18(24)15(14)9-13(12)2;1-12-8-14-6-7-23-11-16(21)17(22-19(24)25-20(3,4)5)10-18(23)15(14)9-13(12)2/h8-9,16-18H,6-7,10-11H2,1-5H3,(H2,22,25)(H,23,26);8-9,16-18H,6-7,10-11,21H2,1-5H3,(H,22,24)/t2*16-,17-,18-/m00/s1. The van der Waals surface area contributed by atoms with E-state index in [-0.39, 0.29) is 36.2 Å². The van der Waals surface area contributed by atoms with Crippen molar-refractivity contribution in [2.45, 2.75) is 136 Å². The third-order valence-corrected chi connectivity index (χ3v) is 11.1. The smallest absolute Gasteiger partial charge is 0.407 e. The first-order valence-corrected chi connectivity index (χ1v) is 18.9. The fourth-order valence-corrected chi connectivity index (χ4v) is 8.20. The molecule has 6 atom stereocenters. The topological polar surface area (TPSA) is 152 Å².